The Morgan fingerprint density at radius 2 is 1.54 bits per heavy atom. The molecule has 1 aliphatic carbocycles. The van der Waals surface area contributed by atoms with Crippen molar-refractivity contribution in [3.05, 3.63) is 58.7 Å². The van der Waals surface area contributed by atoms with E-state index in [-0.39, 0.29) is 28.9 Å². The average Bonchev–Trinajstić information content (AvgIpc) is 2.91. The van der Waals surface area contributed by atoms with Crippen molar-refractivity contribution in [3.8, 4) is 0 Å². The predicted molar refractivity (Wildman–Crippen MR) is 149 cm³/mol. The van der Waals surface area contributed by atoms with Gasteiger partial charge in [0.05, 0.1) is 29.5 Å². The van der Waals surface area contributed by atoms with Gasteiger partial charge < -0.3 is 10.1 Å². The van der Waals surface area contributed by atoms with Crippen molar-refractivity contribution in [2.45, 2.75) is 75.3 Å². The molecule has 1 saturated carbocycles. The molecule has 0 unspecified atom stereocenters. The number of rotatable bonds is 9. The second-order valence-electron chi connectivity index (χ2n) is 10.5. The number of nitrogens with zero attached hydrogens (tertiary/aromatic N) is 2. The summed E-state index contributed by atoms with van der Waals surface area (Å²) in [5.74, 6) is -0.392. The molecule has 1 N–H and O–H groups in total. The first-order valence-electron chi connectivity index (χ1n) is 13.5. The highest BCUT2D eigenvalue weighted by molar-refractivity contribution is 7.89. The summed E-state index contributed by atoms with van der Waals surface area (Å²) in [5, 5.41) is 2.83. The van der Waals surface area contributed by atoms with Crippen LogP contribution in [-0.4, -0.2) is 70.2 Å². The number of nitrogens with one attached hydrogen (secondary N) is 1. The Labute approximate surface area is 232 Å². The predicted octanol–water partition coefficient (Wildman–Crippen LogP) is 3.27. The molecule has 2 aromatic rings. The molecule has 0 radical (unpaired) electrons. The van der Waals surface area contributed by atoms with Gasteiger partial charge in [-0.1, -0.05) is 49.1 Å². The normalized spacial score (nSPS) is 17.8. The Hall–Kier alpha value is -2.31. The number of sulfonamides is 2. The van der Waals surface area contributed by atoms with Crippen molar-refractivity contribution >= 4 is 26.0 Å². The lowest BCUT2D eigenvalue weighted by molar-refractivity contribution is -0.121. The van der Waals surface area contributed by atoms with Crippen LogP contribution in [0.5, 0.6) is 0 Å². The number of ether oxygens (including phenoxy) is 1. The maximum atomic E-state index is 13.9. The Kier molecular flexibility index (Phi) is 9.49. The fourth-order valence-corrected chi connectivity index (χ4v) is 9.05. The van der Waals surface area contributed by atoms with Crippen LogP contribution in [0.4, 0.5) is 0 Å². The van der Waals surface area contributed by atoms with Gasteiger partial charge in [0.1, 0.15) is 0 Å². The molecule has 1 aliphatic heterocycles. The zero-order valence-corrected chi connectivity index (χ0v) is 24.6. The van der Waals surface area contributed by atoms with Gasteiger partial charge in [0.2, 0.25) is 26.0 Å². The van der Waals surface area contributed by atoms with Crippen LogP contribution in [0.2, 0.25) is 0 Å². The minimum Gasteiger partial charge on any atom is -0.379 e. The third kappa shape index (κ3) is 6.89. The molecule has 1 heterocycles. The molecule has 1 saturated heterocycles. The summed E-state index contributed by atoms with van der Waals surface area (Å²) in [7, 11) is -7.50. The second kappa shape index (κ2) is 12.5. The van der Waals surface area contributed by atoms with E-state index in [1.807, 2.05) is 19.1 Å². The topological polar surface area (TPSA) is 113 Å². The molecule has 0 atom stereocenters. The molecule has 9 nitrogen and oxygen atoms in total. The Morgan fingerprint density at radius 3 is 2.13 bits per heavy atom. The van der Waals surface area contributed by atoms with Crippen LogP contribution in [0.15, 0.2) is 46.2 Å². The highest BCUT2D eigenvalue weighted by Gasteiger charge is 2.35. The number of carbonyl (C=O) groups is 1. The van der Waals surface area contributed by atoms with Gasteiger partial charge in [-0.15, -0.1) is 0 Å². The molecule has 2 fully saturated rings. The summed E-state index contributed by atoms with van der Waals surface area (Å²) in [6.45, 7) is 6.84. The van der Waals surface area contributed by atoms with Gasteiger partial charge in [0, 0.05) is 25.7 Å². The van der Waals surface area contributed by atoms with E-state index in [1.54, 1.807) is 26.0 Å². The molecule has 1 amide bonds. The van der Waals surface area contributed by atoms with Crippen molar-refractivity contribution in [2.75, 3.05) is 32.8 Å². The van der Waals surface area contributed by atoms with Crippen molar-refractivity contribution in [3.63, 3.8) is 0 Å². The summed E-state index contributed by atoms with van der Waals surface area (Å²) < 4.78 is 61.6. The largest absolute Gasteiger partial charge is 0.379 e. The third-order valence-electron chi connectivity index (χ3n) is 7.47. The van der Waals surface area contributed by atoms with Crippen LogP contribution in [0, 0.1) is 20.8 Å². The molecular weight excluding hydrogens is 538 g/mol. The minimum atomic E-state index is -3.90. The SMILES string of the molecule is Cc1cc(C)c(S(=O)(=O)N(CC(=O)NCc2ccc(S(=O)(=O)N3CCOCC3)cc2)C2CCCCC2)c(C)c1. The van der Waals surface area contributed by atoms with Crippen LogP contribution < -0.4 is 5.32 Å². The van der Waals surface area contributed by atoms with E-state index in [0.717, 1.165) is 43.2 Å². The van der Waals surface area contributed by atoms with Gasteiger partial charge in [-0.05, 0) is 62.4 Å². The van der Waals surface area contributed by atoms with Crippen LogP contribution in [0.25, 0.3) is 0 Å². The van der Waals surface area contributed by atoms with Gasteiger partial charge in [-0.2, -0.15) is 8.61 Å². The Bertz CT molecular complexity index is 1360. The summed E-state index contributed by atoms with van der Waals surface area (Å²) in [6, 6.07) is 9.91. The molecule has 11 heteroatoms. The number of amides is 1. The minimum absolute atomic E-state index is 0.165. The number of aryl methyl sites for hydroxylation is 3. The van der Waals surface area contributed by atoms with Crippen molar-refractivity contribution < 1.29 is 26.4 Å². The fraction of sp³-hybridized carbons (Fsp3) is 0.536. The van der Waals surface area contributed by atoms with E-state index >= 15 is 0 Å². The number of hydrogen-bond acceptors (Lipinski definition) is 6. The van der Waals surface area contributed by atoms with Crippen LogP contribution in [0.3, 0.4) is 0 Å². The summed E-state index contributed by atoms with van der Waals surface area (Å²) in [4.78, 5) is 13.5. The van der Waals surface area contributed by atoms with Gasteiger partial charge >= 0.3 is 0 Å². The monoisotopic (exact) mass is 577 g/mol. The van der Waals surface area contributed by atoms with Crippen molar-refractivity contribution in [2.24, 2.45) is 0 Å². The molecule has 2 aliphatic rings. The van der Waals surface area contributed by atoms with Crippen LogP contribution >= 0.6 is 0 Å². The highest BCUT2D eigenvalue weighted by Crippen LogP contribution is 2.31. The van der Waals surface area contributed by atoms with Crippen molar-refractivity contribution in [1.29, 1.82) is 0 Å². The molecule has 214 valence electrons. The first-order valence-corrected chi connectivity index (χ1v) is 16.4. The first-order chi connectivity index (χ1) is 18.5. The number of hydrogen-bond donors (Lipinski definition) is 1. The quantitative estimate of drug-likeness (QED) is 0.490. The lowest BCUT2D eigenvalue weighted by Gasteiger charge is -2.33. The first kappa shape index (κ1) is 29.7. The summed E-state index contributed by atoms with van der Waals surface area (Å²) in [6.07, 6.45) is 4.40. The van der Waals surface area contributed by atoms with E-state index in [2.05, 4.69) is 5.32 Å². The van der Waals surface area contributed by atoms with Gasteiger partial charge in [0.25, 0.3) is 0 Å². The molecule has 2 aromatic carbocycles. The second-order valence-corrected chi connectivity index (χ2v) is 14.3. The Balaban J connectivity index is 1.47. The van der Waals surface area contributed by atoms with Crippen LogP contribution in [0.1, 0.15) is 54.4 Å². The number of benzene rings is 2. The fourth-order valence-electron chi connectivity index (χ4n) is 5.58. The molecule has 0 aromatic heterocycles. The zero-order valence-electron chi connectivity index (χ0n) is 23.0. The molecule has 4 rings (SSSR count). The maximum Gasteiger partial charge on any atom is 0.244 e. The Morgan fingerprint density at radius 1 is 0.949 bits per heavy atom. The lowest BCUT2D eigenvalue weighted by atomic mass is 9.95. The highest BCUT2D eigenvalue weighted by atomic mass is 32.2. The van der Waals surface area contributed by atoms with E-state index in [4.69, 9.17) is 4.74 Å². The van der Waals surface area contributed by atoms with E-state index in [0.29, 0.717) is 37.4 Å². The smallest absolute Gasteiger partial charge is 0.244 e. The summed E-state index contributed by atoms with van der Waals surface area (Å²) in [5.41, 5.74) is 3.08. The molecule has 39 heavy (non-hydrogen) atoms. The average molecular weight is 578 g/mol. The lowest BCUT2D eigenvalue weighted by Crippen LogP contribution is -2.47. The van der Waals surface area contributed by atoms with E-state index < -0.39 is 26.0 Å². The van der Waals surface area contributed by atoms with E-state index in [1.165, 1.54) is 20.7 Å². The van der Waals surface area contributed by atoms with Crippen molar-refractivity contribution in [1.82, 2.24) is 13.9 Å². The van der Waals surface area contributed by atoms with Gasteiger partial charge in [-0.25, -0.2) is 16.8 Å². The molecule has 0 bridgehead atoms. The zero-order chi connectivity index (χ0) is 28.2. The van der Waals surface area contributed by atoms with Crippen LogP contribution in [-0.2, 0) is 36.1 Å². The number of carbonyl (C=O) groups excluding carboxylic acids is 1. The number of morpholine rings is 1. The summed E-state index contributed by atoms with van der Waals surface area (Å²) >= 11 is 0. The van der Waals surface area contributed by atoms with Gasteiger partial charge in [0.15, 0.2) is 0 Å². The maximum absolute atomic E-state index is 13.9. The standard InChI is InChI=1S/C28H39N3O6S2/c1-21-17-22(2)28(23(3)18-21)39(35,36)31(25-7-5-4-6-8-25)20-27(32)29-19-24-9-11-26(12-10-24)38(33,34)30-13-15-37-16-14-30/h9-12,17-18,25H,4-8,13-16,19-20H2,1-3H3,(H,29,32). The molecule has 0 spiro atoms. The van der Waals surface area contributed by atoms with Gasteiger partial charge in [-0.3, -0.25) is 4.79 Å². The molecular formula is C28H39N3O6S2. The third-order valence-corrected chi connectivity index (χ3v) is 11.6. The van der Waals surface area contributed by atoms with E-state index in [9.17, 15) is 21.6 Å².